The van der Waals surface area contributed by atoms with Crippen molar-refractivity contribution in [3.63, 3.8) is 0 Å². The lowest BCUT2D eigenvalue weighted by atomic mass is 9.79. The van der Waals surface area contributed by atoms with Crippen molar-refractivity contribution < 1.29 is 48.4 Å². The summed E-state index contributed by atoms with van der Waals surface area (Å²) in [6.45, 7) is -1.29. The number of halogens is 2. The van der Waals surface area contributed by atoms with Crippen LogP contribution in [0.15, 0.2) is 36.4 Å². The van der Waals surface area contributed by atoms with Crippen molar-refractivity contribution in [1.82, 2.24) is 10.2 Å². The van der Waals surface area contributed by atoms with Crippen LogP contribution in [0.25, 0.3) is 0 Å². The van der Waals surface area contributed by atoms with Gasteiger partial charge < -0.3 is 35.4 Å². The van der Waals surface area contributed by atoms with Crippen molar-refractivity contribution in [2.24, 2.45) is 0 Å². The van der Waals surface area contributed by atoms with E-state index in [-0.39, 0.29) is 24.2 Å². The number of nitrogens with one attached hydrogen (secondary N) is 1. The largest absolute Gasteiger partial charge is 0.491 e. The summed E-state index contributed by atoms with van der Waals surface area (Å²) in [4.78, 5) is 36.6. The van der Waals surface area contributed by atoms with Gasteiger partial charge in [-0.15, -0.1) is 0 Å². The molecule has 32 heavy (non-hydrogen) atoms. The van der Waals surface area contributed by atoms with E-state index >= 15 is 0 Å². The molecule has 0 aliphatic carbocycles. The number of amides is 2. The van der Waals surface area contributed by atoms with Crippen LogP contribution in [-0.2, 0) is 4.79 Å². The minimum atomic E-state index is -2.09. The number of carboxylic acid groups (broad SMARTS) is 1. The maximum atomic E-state index is 13.9. The van der Waals surface area contributed by atoms with Crippen LogP contribution in [0, 0.1) is 11.6 Å². The highest BCUT2D eigenvalue weighted by Gasteiger charge is 2.23. The number of aliphatic carboxylic acids is 1. The smallest absolute Gasteiger partial charge is 0.480 e. The molecule has 0 atom stereocenters. The van der Waals surface area contributed by atoms with Gasteiger partial charge in [-0.2, -0.15) is 0 Å². The van der Waals surface area contributed by atoms with Crippen LogP contribution < -0.4 is 16.2 Å². The Kier molecular flexibility index (Phi) is 8.43. The van der Waals surface area contributed by atoms with Gasteiger partial charge in [-0.05, 0) is 24.3 Å². The Morgan fingerprint density at radius 1 is 0.875 bits per heavy atom. The number of carboxylic acids is 1. The molecule has 0 aliphatic rings. The highest BCUT2D eigenvalue weighted by atomic mass is 19.1. The summed E-state index contributed by atoms with van der Waals surface area (Å²) in [6.07, 6.45) is 0. The van der Waals surface area contributed by atoms with Gasteiger partial charge in [0.1, 0.15) is 18.2 Å². The zero-order valence-corrected chi connectivity index (χ0v) is 16.4. The van der Waals surface area contributed by atoms with E-state index in [0.717, 1.165) is 41.3 Å². The van der Waals surface area contributed by atoms with Gasteiger partial charge in [0.15, 0.2) is 0 Å². The fraction of sp³-hybridized carbons (Fsp3) is 0.167. The van der Waals surface area contributed by atoms with E-state index in [1.165, 1.54) is 0 Å². The summed E-state index contributed by atoms with van der Waals surface area (Å²) >= 11 is 0. The number of rotatable bonds is 9. The number of carbonyl (C=O) groups excluding carboxylic acids is 2. The molecule has 2 aromatic carbocycles. The molecule has 14 heteroatoms. The molecule has 0 bridgehead atoms. The Morgan fingerprint density at radius 2 is 1.38 bits per heavy atom. The van der Waals surface area contributed by atoms with Gasteiger partial charge in [-0.1, -0.05) is 12.1 Å². The first-order chi connectivity index (χ1) is 15.0. The van der Waals surface area contributed by atoms with Crippen LogP contribution in [0.5, 0.6) is 0 Å². The highest BCUT2D eigenvalue weighted by Crippen LogP contribution is 2.08. The molecule has 0 saturated heterocycles. The predicted molar refractivity (Wildman–Crippen MR) is 108 cm³/mol. The highest BCUT2D eigenvalue weighted by molar-refractivity contribution is 6.59. The molecule has 0 saturated carbocycles. The quantitative estimate of drug-likeness (QED) is 0.224. The van der Waals surface area contributed by atoms with Gasteiger partial charge in [0.25, 0.3) is 11.8 Å². The van der Waals surface area contributed by atoms with Crippen LogP contribution in [0.2, 0.25) is 0 Å². The number of hydrogen-bond donors (Lipinski definition) is 6. The molecule has 6 N–H and O–H groups in total. The third-order valence-electron chi connectivity index (χ3n) is 4.35. The Balaban J connectivity index is 2.07. The minimum absolute atomic E-state index is 0.150. The molecule has 0 fully saturated rings. The van der Waals surface area contributed by atoms with Crippen molar-refractivity contribution in [1.29, 1.82) is 0 Å². The van der Waals surface area contributed by atoms with Crippen LogP contribution >= 0.6 is 0 Å². The fourth-order valence-electron chi connectivity index (χ4n) is 2.75. The fourth-order valence-corrected chi connectivity index (χ4v) is 2.75. The molecule has 10 nitrogen and oxygen atoms in total. The third-order valence-corrected chi connectivity index (χ3v) is 4.35. The number of carbonyl (C=O) groups is 3. The molecular weight excluding hydrogens is 432 g/mol. The van der Waals surface area contributed by atoms with Gasteiger partial charge >= 0.3 is 20.2 Å². The van der Waals surface area contributed by atoms with Crippen molar-refractivity contribution in [3.8, 4) is 0 Å². The van der Waals surface area contributed by atoms with Crippen molar-refractivity contribution in [3.05, 3.63) is 59.2 Å². The summed E-state index contributed by atoms with van der Waals surface area (Å²) in [7, 11) is -4.15. The SMILES string of the molecule is O=C(O)CN(CCNC(=O)c1ccc(B(O)O)c(F)c1)C(=O)c1ccc(B(O)O)c(F)c1. The lowest BCUT2D eigenvalue weighted by Gasteiger charge is -2.21. The molecule has 0 heterocycles. The average Bonchev–Trinajstić information content (AvgIpc) is 2.71. The van der Waals surface area contributed by atoms with Crippen molar-refractivity contribution >= 4 is 42.9 Å². The Bertz CT molecular complexity index is 1020. The predicted octanol–water partition coefficient (Wildman–Crippen LogP) is -2.72. The standard InChI is InChI=1S/C18H18B2F2N2O8/c21-14-7-10(1-3-12(14)19(29)30)17(27)23-5-6-24(9-16(25)26)18(28)11-2-4-13(20(31)32)15(22)8-11/h1-4,7-8,29-32H,5-6,9H2,(H,23,27)(H,25,26). The van der Waals surface area contributed by atoms with Gasteiger partial charge in [-0.25, -0.2) is 8.78 Å². The van der Waals surface area contributed by atoms with Crippen molar-refractivity contribution in [2.75, 3.05) is 19.6 Å². The van der Waals surface area contributed by atoms with Crippen LogP contribution in [-0.4, -0.2) is 81.8 Å². The van der Waals surface area contributed by atoms with Crippen LogP contribution in [0.1, 0.15) is 20.7 Å². The second-order valence-electron chi connectivity index (χ2n) is 6.60. The lowest BCUT2D eigenvalue weighted by molar-refractivity contribution is -0.137. The van der Waals surface area contributed by atoms with E-state index in [4.69, 9.17) is 25.2 Å². The zero-order chi connectivity index (χ0) is 24.0. The molecule has 2 aromatic rings. The van der Waals surface area contributed by atoms with Gasteiger partial charge in [-0.3, -0.25) is 14.4 Å². The lowest BCUT2D eigenvalue weighted by Crippen LogP contribution is -2.42. The topological polar surface area (TPSA) is 168 Å². The number of benzene rings is 2. The molecule has 168 valence electrons. The van der Waals surface area contributed by atoms with Gasteiger partial charge in [0.2, 0.25) is 0 Å². The summed E-state index contributed by atoms with van der Waals surface area (Å²) in [5.41, 5.74) is -1.29. The molecule has 0 spiro atoms. The maximum Gasteiger partial charge on any atom is 0.491 e. The van der Waals surface area contributed by atoms with E-state index in [2.05, 4.69) is 5.32 Å². The summed E-state index contributed by atoms with van der Waals surface area (Å²) < 4.78 is 27.7. The minimum Gasteiger partial charge on any atom is -0.480 e. The monoisotopic (exact) mass is 450 g/mol. The van der Waals surface area contributed by atoms with E-state index in [9.17, 15) is 23.2 Å². The van der Waals surface area contributed by atoms with Crippen molar-refractivity contribution in [2.45, 2.75) is 0 Å². The molecular formula is C18H18B2F2N2O8. The summed E-state index contributed by atoms with van der Waals surface area (Å²) in [6, 6.07) is 5.72. The first-order valence-electron chi connectivity index (χ1n) is 9.11. The molecule has 0 radical (unpaired) electrons. The molecule has 2 rings (SSSR count). The normalized spacial score (nSPS) is 10.4. The number of nitrogens with zero attached hydrogens (tertiary/aromatic N) is 1. The molecule has 0 aromatic heterocycles. The maximum absolute atomic E-state index is 13.9. The summed E-state index contributed by atoms with van der Waals surface area (Å²) in [5.74, 6) is -5.11. The Morgan fingerprint density at radius 3 is 1.84 bits per heavy atom. The average molecular weight is 450 g/mol. The molecule has 0 unspecified atom stereocenters. The third kappa shape index (κ3) is 6.34. The van der Waals surface area contributed by atoms with Gasteiger partial charge in [0.05, 0.1) is 0 Å². The Hall–Kier alpha value is -3.32. The van der Waals surface area contributed by atoms with E-state index < -0.39 is 61.1 Å². The summed E-state index contributed by atoms with van der Waals surface area (Å²) in [5, 5.41) is 47.5. The van der Waals surface area contributed by atoms with E-state index in [1.54, 1.807) is 0 Å². The van der Waals surface area contributed by atoms with E-state index in [1.807, 2.05) is 0 Å². The van der Waals surface area contributed by atoms with Gasteiger partial charge in [0, 0.05) is 35.1 Å². The van der Waals surface area contributed by atoms with Crippen LogP contribution in [0.4, 0.5) is 8.78 Å². The number of hydrogen-bond acceptors (Lipinski definition) is 7. The van der Waals surface area contributed by atoms with Crippen LogP contribution in [0.3, 0.4) is 0 Å². The van der Waals surface area contributed by atoms with E-state index in [0.29, 0.717) is 0 Å². The molecule has 2 amide bonds. The Labute approximate surface area is 181 Å². The first-order valence-corrected chi connectivity index (χ1v) is 9.11. The second-order valence-corrected chi connectivity index (χ2v) is 6.60. The molecule has 0 aliphatic heterocycles. The zero-order valence-electron chi connectivity index (χ0n) is 16.4. The second kappa shape index (κ2) is 10.8. The first kappa shape index (κ1) is 24.9.